The van der Waals surface area contributed by atoms with Crippen molar-refractivity contribution in [2.24, 2.45) is 10.2 Å². The summed E-state index contributed by atoms with van der Waals surface area (Å²) in [5.41, 5.74) is -0.531. The summed E-state index contributed by atoms with van der Waals surface area (Å²) < 4.78 is 101. The van der Waals surface area contributed by atoms with Gasteiger partial charge >= 0.3 is 0 Å². The summed E-state index contributed by atoms with van der Waals surface area (Å²) in [5.74, 6) is -1.07. The van der Waals surface area contributed by atoms with E-state index in [1.165, 1.54) is 0 Å². The fourth-order valence-corrected chi connectivity index (χ4v) is 4.14. The highest BCUT2D eigenvalue weighted by atomic mass is 32.2. The monoisotopic (exact) mass is 485 g/mol. The second-order valence-corrected chi connectivity index (χ2v) is 10.1. The number of hydrogen-bond donors (Lipinski definition) is 1. The van der Waals surface area contributed by atoms with Gasteiger partial charge in [0, 0.05) is 5.39 Å². The largest absolute Gasteiger partial charge is 0.744 e. The molecule has 31 heavy (non-hydrogen) atoms. The summed E-state index contributed by atoms with van der Waals surface area (Å²) in [6.45, 7) is 0. The van der Waals surface area contributed by atoms with Gasteiger partial charge in [0.1, 0.15) is 36.0 Å². The lowest BCUT2D eigenvalue weighted by atomic mass is 10.1. The predicted octanol–water partition coefficient (Wildman–Crippen LogP) is 1.67. The van der Waals surface area contributed by atoms with Crippen LogP contribution in [0, 0.1) is 0 Å². The highest BCUT2D eigenvalue weighted by Gasteiger charge is 2.18. The van der Waals surface area contributed by atoms with Crippen LogP contribution in [0.3, 0.4) is 0 Å². The maximum atomic E-state index is 11.5. The Labute approximate surface area is 175 Å². The third-order valence-electron chi connectivity index (χ3n) is 3.97. The van der Waals surface area contributed by atoms with Gasteiger partial charge in [0.15, 0.2) is 5.75 Å². The van der Waals surface area contributed by atoms with Gasteiger partial charge in [-0.2, -0.15) is 5.11 Å². The van der Waals surface area contributed by atoms with Crippen LogP contribution in [0.1, 0.15) is 0 Å². The van der Waals surface area contributed by atoms with E-state index in [2.05, 4.69) is 10.2 Å². The van der Waals surface area contributed by atoms with Crippen molar-refractivity contribution < 1.29 is 44.0 Å². The smallest absolute Gasteiger partial charge is 0.161 e. The van der Waals surface area contributed by atoms with Gasteiger partial charge in [-0.1, -0.05) is 6.07 Å². The van der Waals surface area contributed by atoms with Gasteiger partial charge in [-0.05, 0) is 47.9 Å². The first kappa shape index (κ1) is 22.7. The van der Waals surface area contributed by atoms with Gasteiger partial charge in [-0.15, -0.1) is 5.11 Å². The molecule has 0 aliphatic rings. The predicted molar refractivity (Wildman–Crippen MR) is 100 cm³/mol. The minimum atomic E-state index is -5.23. The van der Waals surface area contributed by atoms with Crippen LogP contribution in [-0.4, -0.2) is 44.0 Å². The molecular weight excluding hydrogens is 476 g/mol. The van der Waals surface area contributed by atoms with Crippen LogP contribution >= 0.6 is 0 Å². The fraction of sp³-hybridized carbons (Fsp3) is 0. The van der Waals surface area contributed by atoms with E-state index in [0.717, 1.165) is 42.5 Å². The molecule has 0 saturated heterocycles. The molecule has 3 aromatic carbocycles. The number of phenols is 1. The Bertz CT molecular complexity index is 1540. The SMILES string of the molecule is O=S(=O)([O-])c1ccc(N=Nc2c(O)c(S(=O)(=O)[O-])cc3cc(S(=O)(=O)[O-])ccc23)cc1. The van der Waals surface area contributed by atoms with Gasteiger partial charge in [0.25, 0.3) is 0 Å². The Morgan fingerprint density at radius 1 is 0.677 bits per heavy atom. The van der Waals surface area contributed by atoms with Gasteiger partial charge in [0.05, 0.1) is 20.4 Å². The molecule has 0 heterocycles. The van der Waals surface area contributed by atoms with E-state index < -0.39 is 56.5 Å². The van der Waals surface area contributed by atoms with Crippen molar-refractivity contribution in [2.45, 2.75) is 14.7 Å². The summed E-state index contributed by atoms with van der Waals surface area (Å²) in [5, 5.41) is 17.4. The van der Waals surface area contributed by atoms with Crippen molar-refractivity contribution in [1.82, 2.24) is 0 Å². The second-order valence-electron chi connectivity index (χ2n) is 6.01. The lowest BCUT2D eigenvalue weighted by Crippen LogP contribution is -2.01. The van der Waals surface area contributed by atoms with E-state index in [1.807, 2.05) is 0 Å². The number of aromatic hydroxyl groups is 1. The van der Waals surface area contributed by atoms with Crippen molar-refractivity contribution in [3.05, 3.63) is 48.5 Å². The third-order valence-corrected chi connectivity index (χ3v) is 6.50. The molecule has 0 spiro atoms. The van der Waals surface area contributed by atoms with Gasteiger partial charge in [-0.3, -0.25) is 0 Å². The molecule has 15 heteroatoms. The van der Waals surface area contributed by atoms with E-state index in [1.54, 1.807) is 0 Å². The summed E-state index contributed by atoms with van der Waals surface area (Å²) in [7, 11) is -14.8. The molecule has 0 radical (unpaired) electrons. The van der Waals surface area contributed by atoms with Crippen molar-refractivity contribution in [3.63, 3.8) is 0 Å². The van der Waals surface area contributed by atoms with Crippen molar-refractivity contribution in [1.29, 1.82) is 0 Å². The second kappa shape index (κ2) is 7.63. The number of azo groups is 1. The number of benzene rings is 3. The molecule has 0 saturated carbocycles. The van der Waals surface area contributed by atoms with Crippen molar-refractivity contribution >= 4 is 52.5 Å². The minimum Gasteiger partial charge on any atom is -0.744 e. The summed E-state index contributed by atoms with van der Waals surface area (Å²) in [6, 6.07) is 7.53. The van der Waals surface area contributed by atoms with Crippen molar-refractivity contribution in [2.75, 3.05) is 0 Å². The number of fused-ring (bicyclic) bond motifs is 1. The lowest BCUT2D eigenvalue weighted by molar-refractivity contribution is 0.436. The first-order chi connectivity index (χ1) is 14.2. The molecule has 0 aliphatic heterocycles. The lowest BCUT2D eigenvalue weighted by Gasteiger charge is -2.14. The summed E-state index contributed by atoms with van der Waals surface area (Å²) in [4.78, 5) is -2.37. The van der Waals surface area contributed by atoms with Crippen LogP contribution in [-0.2, 0) is 30.4 Å². The number of hydrogen-bond acceptors (Lipinski definition) is 12. The molecule has 0 unspecified atom stereocenters. The van der Waals surface area contributed by atoms with Crippen LogP contribution in [0.2, 0.25) is 0 Å². The highest BCUT2D eigenvalue weighted by molar-refractivity contribution is 7.86. The normalized spacial score (nSPS) is 13.1. The standard InChI is InChI=1S/C16H12N2O10S3/c19-16-14(31(26,27)28)8-9-7-12(30(23,24)25)5-6-13(9)15(16)18-17-10-1-3-11(4-2-10)29(20,21)22/h1-8,19H,(H,20,21,22)(H,23,24,25)(H,26,27,28)/p-3. The molecular formula is C16H9N2O10S3-3. The Morgan fingerprint density at radius 3 is 1.74 bits per heavy atom. The van der Waals surface area contributed by atoms with E-state index >= 15 is 0 Å². The topological polar surface area (TPSA) is 217 Å². The Kier molecular flexibility index (Phi) is 5.59. The van der Waals surface area contributed by atoms with Gasteiger partial charge < -0.3 is 18.8 Å². The van der Waals surface area contributed by atoms with Crippen LogP contribution in [0.15, 0.2) is 73.4 Å². The van der Waals surface area contributed by atoms with Crippen LogP contribution < -0.4 is 0 Å². The molecule has 0 amide bonds. The van der Waals surface area contributed by atoms with E-state index in [-0.39, 0.29) is 16.5 Å². The van der Waals surface area contributed by atoms with E-state index in [0.29, 0.717) is 6.07 Å². The number of phenolic OH excluding ortho intramolecular Hbond substituents is 1. The Hall–Kier alpha value is -2.95. The average Bonchev–Trinajstić information content (AvgIpc) is 2.64. The summed E-state index contributed by atoms with van der Waals surface area (Å²) in [6.07, 6.45) is 0. The maximum Gasteiger partial charge on any atom is 0.161 e. The van der Waals surface area contributed by atoms with Gasteiger partial charge in [0.2, 0.25) is 0 Å². The van der Waals surface area contributed by atoms with Crippen molar-refractivity contribution in [3.8, 4) is 5.75 Å². The Balaban J connectivity index is 2.22. The quantitative estimate of drug-likeness (QED) is 0.407. The molecule has 3 rings (SSSR count). The minimum absolute atomic E-state index is 0.00547. The van der Waals surface area contributed by atoms with Gasteiger partial charge in [-0.25, -0.2) is 25.3 Å². The van der Waals surface area contributed by atoms with E-state index in [9.17, 15) is 44.0 Å². The molecule has 0 aliphatic carbocycles. The molecule has 12 nitrogen and oxygen atoms in total. The zero-order chi connectivity index (χ0) is 23.2. The number of nitrogens with zero attached hydrogens (tertiary/aromatic N) is 2. The zero-order valence-electron chi connectivity index (χ0n) is 14.9. The fourth-order valence-electron chi connectivity index (χ4n) is 2.56. The molecule has 0 fully saturated rings. The highest BCUT2D eigenvalue weighted by Crippen LogP contribution is 2.41. The summed E-state index contributed by atoms with van der Waals surface area (Å²) >= 11 is 0. The first-order valence-corrected chi connectivity index (χ1v) is 12.1. The first-order valence-electron chi connectivity index (χ1n) is 7.87. The average molecular weight is 485 g/mol. The number of rotatable bonds is 5. The van der Waals surface area contributed by atoms with Crippen LogP contribution in [0.5, 0.6) is 5.75 Å². The molecule has 0 bridgehead atoms. The molecule has 3 aromatic rings. The van der Waals surface area contributed by atoms with E-state index in [4.69, 9.17) is 0 Å². The van der Waals surface area contributed by atoms with Crippen LogP contribution in [0.4, 0.5) is 11.4 Å². The zero-order valence-corrected chi connectivity index (χ0v) is 17.3. The molecule has 164 valence electrons. The Morgan fingerprint density at radius 2 is 1.23 bits per heavy atom. The molecule has 0 atom stereocenters. The van der Waals surface area contributed by atoms with Crippen LogP contribution in [0.25, 0.3) is 10.8 Å². The molecule has 0 aromatic heterocycles. The molecule has 1 N–H and O–H groups in total. The maximum absolute atomic E-state index is 11.5. The third kappa shape index (κ3) is 4.87.